The zero-order chi connectivity index (χ0) is 25.2. The van der Waals surface area contributed by atoms with Crippen molar-refractivity contribution in [1.82, 2.24) is 14.9 Å². The Kier molecular flexibility index (Phi) is 10.4. The number of nitrogens with zero attached hydrogens (tertiary/aromatic N) is 2. The highest BCUT2D eigenvalue weighted by atomic mass is 16.7. The van der Waals surface area contributed by atoms with Crippen LogP contribution in [-0.4, -0.2) is 45.5 Å². The van der Waals surface area contributed by atoms with Gasteiger partial charge in [0.1, 0.15) is 0 Å². The van der Waals surface area contributed by atoms with Crippen LogP contribution in [-0.2, 0) is 25.5 Å². The lowest BCUT2D eigenvalue weighted by atomic mass is 9.87. The first-order valence-corrected chi connectivity index (χ1v) is 13.2. The van der Waals surface area contributed by atoms with E-state index in [9.17, 15) is 19.5 Å². The number of amides is 1. The molecule has 196 valence electrons. The van der Waals surface area contributed by atoms with Crippen LogP contribution in [0.15, 0.2) is 12.5 Å². The smallest absolute Gasteiger partial charge is 0.410 e. The Morgan fingerprint density at radius 3 is 2.51 bits per heavy atom. The lowest BCUT2D eigenvalue weighted by Crippen LogP contribution is -2.32. The second kappa shape index (κ2) is 13.5. The molecular formula is C26H41N3O6. The van der Waals surface area contributed by atoms with Gasteiger partial charge in [0.15, 0.2) is 0 Å². The van der Waals surface area contributed by atoms with Gasteiger partial charge in [-0.05, 0) is 57.3 Å². The van der Waals surface area contributed by atoms with E-state index in [2.05, 4.69) is 21.8 Å². The molecule has 1 amide bonds. The number of aromatic nitrogens is 2. The van der Waals surface area contributed by atoms with Crippen LogP contribution in [0.4, 0.5) is 4.79 Å². The maximum atomic E-state index is 12.1. The average Bonchev–Trinajstić information content (AvgIpc) is 3.30. The number of imidazole rings is 1. The van der Waals surface area contributed by atoms with Crippen LogP contribution in [0.2, 0.25) is 0 Å². The van der Waals surface area contributed by atoms with Crippen LogP contribution in [0.3, 0.4) is 0 Å². The van der Waals surface area contributed by atoms with Crippen LogP contribution in [0, 0.1) is 17.8 Å². The van der Waals surface area contributed by atoms with E-state index in [4.69, 9.17) is 9.47 Å². The SMILES string of the molecule is CC(OC(=O)NCCC[C@@H](Cc1cn([C@H]2CC[C@H](C)CC2)cn1)C(=O)O)OC(=O)C1CCCCC1. The number of carboxylic acid groups (broad SMARTS) is 1. The van der Waals surface area contributed by atoms with Crippen molar-refractivity contribution in [2.75, 3.05) is 6.54 Å². The van der Waals surface area contributed by atoms with Crippen LogP contribution < -0.4 is 5.32 Å². The number of hydrogen-bond acceptors (Lipinski definition) is 6. The molecule has 1 aromatic rings. The van der Waals surface area contributed by atoms with E-state index in [1.54, 1.807) is 0 Å². The van der Waals surface area contributed by atoms with E-state index < -0.39 is 24.3 Å². The molecule has 2 saturated carbocycles. The van der Waals surface area contributed by atoms with Crippen LogP contribution in [0.25, 0.3) is 0 Å². The van der Waals surface area contributed by atoms with E-state index in [-0.39, 0.29) is 18.4 Å². The third-order valence-corrected chi connectivity index (χ3v) is 7.36. The number of rotatable bonds is 11. The molecule has 3 rings (SSSR count). The number of alkyl carbamates (subject to hydrolysis) is 1. The summed E-state index contributed by atoms with van der Waals surface area (Å²) in [6, 6.07) is 0.454. The van der Waals surface area contributed by atoms with Gasteiger partial charge in [0.25, 0.3) is 0 Å². The Morgan fingerprint density at radius 1 is 1.11 bits per heavy atom. The first-order valence-electron chi connectivity index (χ1n) is 13.2. The van der Waals surface area contributed by atoms with Crippen molar-refractivity contribution < 1.29 is 29.0 Å². The number of carbonyl (C=O) groups is 3. The summed E-state index contributed by atoms with van der Waals surface area (Å²) in [6.45, 7) is 4.09. The first-order chi connectivity index (χ1) is 16.8. The molecule has 0 saturated heterocycles. The number of hydrogen-bond donors (Lipinski definition) is 2. The van der Waals surface area contributed by atoms with Gasteiger partial charge in [0, 0.05) is 32.1 Å². The quantitative estimate of drug-likeness (QED) is 0.258. The van der Waals surface area contributed by atoms with Gasteiger partial charge in [0.05, 0.1) is 23.9 Å². The number of carbonyl (C=O) groups excluding carboxylic acids is 2. The molecule has 0 radical (unpaired) electrons. The Labute approximate surface area is 208 Å². The maximum Gasteiger partial charge on any atom is 0.410 e. The fourth-order valence-electron chi connectivity index (χ4n) is 5.14. The Morgan fingerprint density at radius 2 is 1.83 bits per heavy atom. The van der Waals surface area contributed by atoms with Gasteiger partial charge in [-0.2, -0.15) is 0 Å². The van der Waals surface area contributed by atoms with Gasteiger partial charge >= 0.3 is 18.0 Å². The summed E-state index contributed by atoms with van der Waals surface area (Å²) in [7, 11) is 0. The molecule has 2 fully saturated rings. The summed E-state index contributed by atoms with van der Waals surface area (Å²) >= 11 is 0. The topological polar surface area (TPSA) is 120 Å². The van der Waals surface area contributed by atoms with Crippen molar-refractivity contribution in [2.45, 2.75) is 103 Å². The predicted molar refractivity (Wildman–Crippen MR) is 130 cm³/mol. The molecule has 0 bridgehead atoms. The molecule has 1 heterocycles. The summed E-state index contributed by atoms with van der Waals surface area (Å²) in [4.78, 5) is 40.4. The minimum absolute atomic E-state index is 0.108. The van der Waals surface area contributed by atoms with Crippen LogP contribution in [0.5, 0.6) is 0 Å². The molecule has 0 aromatic carbocycles. The summed E-state index contributed by atoms with van der Waals surface area (Å²) in [5.74, 6) is -1.08. The number of aliphatic carboxylic acids is 1. The fraction of sp³-hybridized carbons (Fsp3) is 0.769. The Bertz CT molecular complexity index is 827. The monoisotopic (exact) mass is 491 g/mol. The molecule has 1 aromatic heterocycles. The normalized spacial score (nSPS) is 22.7. The lowest BCUT2D eigenvalue weighted by Gasteiger charge is -2.26. The van der Waals surface area contributed by atoms with Gasteiger partial charge in [-0.1, -0.05) is 26.2 Å². The van der Waals surface area contributed by atoms with E-state index in [1.807, 2.05) is 12.5 Å². The van der Waals surface area contributed by atoms with Crippen molar-refractivity contribution >= 4 is 18.0 Å². The van der Waals surface area contributed by atoms with Gasteiger partial charge in [-0.15, -0.1) is 0 Å². The zero-order valence-corrected chi connectivity index (χ0v) is 21.1. The van der Waals surface area contributed by atoms with E-state index >= 15 is 0 Å². The Balaban J connectivity index is 1.34. The summed E-state index contributed by atoms with van der Waals surface area (Å²) in [5, 5.41) is 12.3. The average molecular weight is 492 g/mol. The largest absolute Gasteiger partial charge is 0.481 e. The highest BCUT2D eigenvalue weighted by Gasteiger charge is 2.25. The molecular weight excluding hydrogens is 450 g/mol. The van der Waals surface area contributed by atoms with Crippen LogP contribution in [0.1, 0.15) is 96.2 Å². The molecule has 0 aliphatic heterocycles. The summed E-state index contributed by atoms with van der Waals surface area (Å²) in [5.41, 5.74) is 0.789. The van der Waals surface area contributed by atoms with Crippen molar-refractivity contribution in [1.29, 1.82) is 0 Å². The molecule has 35 heavy (non-hydrogen) atoms. The molecule has 9 heteroatoms. The van der Waals surface area contributed by atoms with E-state index in [0.29, 0.717) is 25.3 Å². The minimum Gasteiger partial charge on any atom is -0.481 e. The second-order valence-corrected chi connectivity index (χ2v) is 10.3. The maximum absolute atomic E-state index is 12.1. The van der Waals surface area contributed by atoms with E-state index in [0.717, 1.165) is 56.6 Å². The van der Waals surface area contributed by atoms with Crippen molar-refractivity contribution in [2.24, 2.45) is 17.8 Å². The number of ether oxygens (including phenoxy) is 2. The predicted octanol–water partition coefficient (Wildman–Crippen LogP) is 4.85. The van der Waals surface area contributed by atoms with Crippen LogP contribution >= 0.6 is 0 Å². The highest BCUT2D eigenvalue weighted by Crippen LogP contribution is 2.32. The van der Waals surface area contributed by atoms with Gasteiger partial charge in [0.2, 0.25) is 6.29 Å². The highest BCUT2D eigenvalue weighted by molar-refractivity contribution is 5.73. The molecule has 0 spiro atoms. The van der Waals surface area contributed by atoms with Crippen molar-refractivity contribution in [3.8, 4) is 0 Å². The third kappa shape index (κ3) is 8.85. The molecule has 2 aliphatic rings. The van der Waals surface area contributed by atoms with Gasteiger partial charge in [-0.3, -0.25) is 9.59 Å². The summed E-state index contributed by atoms with van der Waals surface area (Å²) in [6.07, 6.45) is 13.0. The number of esters is 1. The summed E-state index contributed by atoms with van der Waals surface area (Å²) < 4.78 is 12.5. The minimum atomic E-state index is -0.960. The van der Waals surface area contributed by atoms with Gasteiger partial charge in [-0.25, -0.2) is 9.78 Å². The second-order valence-electron chi connectivity index (χ2n) is 10.3. The van der Waals surface area contributed by atoms with Gasteiger partial charge < -0.3 is 24.5 Å². The Hall–Kier alpha value is -2.58. The van der Waals surface area contributed by atoms with Crippen molar-refractivity contribution in [3.63, 3.8) is 0 Å². The molecule has 9 nitrogen and oxygen atoms in total. The molecule has 2 aliphatic carbocycles. The molecule has 2 atom stereocenters. The lowest BCUT2D eigenvalue weighted by molar-refractivity contribution is -0.171. The zero-order valence-electron chi connectivity index (χ0n) is 21.1. The van der Waals surface area contributed by atoms with E-state index in [1.165, 1.54) is 19.8 Å². The molecule has 2 N–H and O–H groups in total. The number of nitrogens with one attached hydrogen (secondary N) is 1. The third-order valence-electron chi connectivity index (χ3n) is 7.36. The standard InChI is InChI=1S/C26H41N3O6/c1-18-10-12-23(13-11-18)29-16-22(28-17-29)15-21(24(30)31)9-6-14-27-26(33)35-19(2)34-25(32)20-7-4-3-5-8-20/h16-21,23H,3-15H2,1-2H3,(H,27,33)(H,30,31)/t18-,19?,21-,23-/m0/s1. The van der Waals surface area contributed by atoms with Crippen molar-refractivity contribution in [3.05, 3.63) is 18.2 Å². The fourth-order valence-corrected chi connectivity index (χ4v) is 5.14. The number of carboxylic acids is 1. The first kappa shape index (κ1) is 27.0. The molecule has 1 unspecified atom stereocenters.